The standard InChI is InChI=1S/C53H103NO4/c1-3-5-7-9-11-13-15-17-19-21-23-25-26-28-30-32-34-36-38-40-42-44-46-48-52(57)54-50(49-55)53(58)51(56)47-45-43-41-39-37-35-33-31-29-27-24-22-20-18-16-14-12-10-8-6-4-2/h31,33,39,41,50-51,53,55-56,58H,3-30,32,34-38,40,42-49H2,1-2H3,(H,54,57)/b33-31+,41-39+. The summed E-state index contributed by atoms with van der Waals surface area (Å²) >= 11 is 0. The molecule has 0 aliphatic heterocycles. The third kappa shape index (κ3) is 42.9. The lowest BCUT2D eigenvalue weighted by molar-refractivity contribution is -0.124. The molecule has 0 rings (SSSR count). The van der Waals surface area contributed by atoms with E-state index in [4.69, 9.17) is 0 Å². The molecule has 0 bridgehead atoms. The third-order valence-corrected chi connectivity index (χ3v) is 12.3. The Labute approximate surface area is 362 Å². The van der Waals surface area contributed by atoms with Crippen LogP contribution in [0, 0.1) is 0 Å². The molecule has 0 aliphatic carbocycles. The maximum absolute atomic E-state index is 12.5. The highest BCUT2D eigenvalue weighted by molar-refractivity contribution is 5.76. The van der Waals surface area contributed by atoms with Gasteiger partial charge in [0.2, 0.25) is 5.91 Å². The molecule has 1 amide bonds. The van der Waals surface area contributed by atoms with Crippen LogP contribution in [0.25, 0.3) is 0 Å². The van der Waals surface area contributed by atoms with E-state index in [1.54, 1.807) is 0 Å². The van der Waals surface area contributed by atoms with Crippen molar-refractivity contribution in [3.8, 4) is 0 Å². The minimum atomic E-state index is -1.16. The summed E-state index contributed by atoms with van der Waals surface area (Å²) in [6.07, 6.45) is 60.3. The van der Waals surface area contributed by atoms with Gasteiger partial charge in [0.15, 0.2) is 0 Å². The van der Waals surface area contributed by atoms with Crippen LogP contribution in [0.1, 0.15) is 284 Å². The predicted octanol–water partition coefficient (Wildman–Crippen LogP) is 15.7. The lowest BCUT2D eigenvalue weighted by Gasteiger charge is -2.26. The van der Waals surface area contributed by atoms with E-state index in [0.29, 0.717) is 12.8 Å². The minimum absolute atomic E-state index is 0.153. The first-order valence-corrected chi connectivity index (χ1v) is 26.1. The number of carbonyl (C=O) groups is 1. The molecule has 58 heavy (non-hydrogen) atoms. The Morgan fingerprint density at radius 2 is 0.707 bits per heavy atom. The highest BCUT2D eigenvalue weighted by Crippen LogP contribution is 2.17. The van der Waals surface area contributed by atoms with Crippen molar-refractivity contribution in [3.63, 3.8) is 0 Å². The number of amides is 1. The van der Waals surface area contributed by atoms with Gasteiger partial charge in [0.25, 0.3) is 0 Å². The molecule has 0 aromatic carbocycles. The van der Waals surface area contributed by atoms with Gasteiger partial charge in [-0.2, -0.15) is 0 Å². The maximum Gasteiger partial charge on any atom is 0.220 e. The number of nitrogens with one attached hydrogen (secondary N) is 1. The van der Waals surface area contributed by atoms with Crippen LogP contribution in [-0.4, -0.2) is 46.1 Å². The Balaban J connectivity index is 3.60. The first-order chi connectivity index (χ1) is 28.6. The quantitative estimate of drug-likeness (QED) is 0.0364. The second-order valence-corrected chi connectivity index (χ2v) is 18.1. The van der Waals surface area contributed by atoms with Crippen LogP contribution in [0.3, 0.4) is 0 Å². The zero-order valence-corrected chi connectivity index (χ0v) is 39.2. The summed E-state index contributed by atoms with van der Waals surface area (Å²) in [4.78, 5) is 12.5. The molecule has 344 valence electrons. The van der Waals surface area contributed by atoms with Crippen LogP contribution in [-0.2, 0) is 4.79 Å². The highest BCUT2D eigenvalue weighted by Gasteiger charge is 2.26. The van der Waals surface area contributed by atoms with Gasteiger partial charge in [-0.15, -0.1) is 0 Å². The zero-order valence-electron chi connectivity index (χ0n) is 39.2. The molecular weight excluding hydrogens is 715 g/mol. The van der Waals surface area contributed by atoms with E-state index < -0.39 is 18.2 Å². The summed E-state index contributed by atoms with van der Waals surface area (Å²) in [5.41, 5.74) is 0. The Morgan fingerprint density at radius 3 is 1.05 bits per heavy atom. The normalized spacial score (nSPS) is 13.5. The van der Waals surface area contributed by atoms with Gasteiger partial charge in [0.1, 0.15) is 6.10 Å². The first-order valence-electron chi connectivity index (χ1n) is 26.1. The zero-order chi connectivity index (χ0) is 42.3. The van der Waals surface area contributed by atoms with Crippen molar-refractivity contribution in [2.75, 3.05) is 6.61 Å². The van der Waals surface area contributed by atoms with Crippen LogP contribution >= 0.6 is 0 Å². The number of hydrogen-bond donors (Lipinski definition) is 4. The molecular formula is C53H103NO4. The summed E-state index contributed by atoms with van der Waals surface area (Å²) in [6, 6.07) is -0.829. The van der Waals surface area contributed by atoms with Gasteiger partial charge in [-0.1, -0.05) is 250 Å². The van der Waals surface area contributed by atoms with E-state index in [0.717, 1.165) is 44.9 Å². The van der Waals surface area contributed by atoms with Crippen molar-refractivity contribution in [2.45, 2.75) is 302 Å². The molecule has 0 spiro atoms. The van der Waals surface area contributed by atoms with Gasteiger partial charge < -0.3 is 20.6 Å². The van der Waals surface area contributed by atoms with Crippen LogP contribution in [0.15, 0.2) is 24.3 Å². The summed E-state index contributed by atoms with van der Waals surface area (Å²) in [6.45, 7) is 4.19. The summed E-state index contributed by atoms with van der Waals surface area (Å²) in [7, 11) is 0. The van der Waals surface area contributed by atoms with E-state index in [2.05, 4.69) is 43.5 Å². The molecule has 5 heteroatoms. The largest absolute Gasteiger partial charge is 0.394 e. The summed E-state index contributed by atoms with van der Waals surface area (Å²) in [5, 5.41) is 33.7. The van der Waals surface area contributed by atoms with Crippen molar-refractivity contribution in [2.24, 2.45) is 0 Å². The van der Waals surface area contributed by atoms with Crippen LogP contribution in [0.2, 0.25) is 0 Å². The van der Waals surface area contributed by atoms with Gasteiger partial charge in [-0.25, -0.2) is 0 Å². The summed E-state index contributed by atoms with van der Waals surface area (Å²) in [5.74, 6) is -0.153. The molecule has 5 nitrogen and oxygen atoms in total. The van der Waals surface area contributed by atoms with Crippen molar-refractivity contribution < 1.29 is 20.1 Å². The van der Waals surface area contributed by atoms with E-state index >= 15 is 0 Å². The Morgan fingerprint density at radius 1 is 0.414 bits per heavy atom. The Hall–Kier alpha value is -1.17. The number of aliphatic hydroxyl groups excluding tert-OH is 3. The molecule has 4 N–H and O–H groups in total. The summed E-state index contributed by atoms with van der Waals surface area (Å²) < 4.78 is 0. The molecule has 0 heterocycles. The number of carbonyl (C=O) groups excluding carboxylic acids is 1. The van der Waals surface area contributed by atoms with Gasteiger partial charge in [-0.05, 0) is 51.4 Å². The maximum atomic E-state index is 12.5. The predicted molar refractivity (Wildman–Crippen MR) is 255 cm³/mol. The SMILES string of the molecule is CCCCCCCCCCCCCC/C=C/CC/C=C/CCCC(O)C(O)C(CO)NC(=O)CCCCCCCCCCCCCCCCCCCCCCCCC. The fourth-order valence-corrected chi connectivity index (χ4v) is 8.24. The van der Waals surface area contributed by atoms with E-state index in [9.17, 15) is 20.1 Å². The monoisotopic (exact) mass is 818 g/mol. The van der Waals surface area contributed by atoms with Gasteiger partial charge >= 0.3 is 0 Å². The number of aliphatic hydroxyl groups is 3. The molecule has 0 aromatic rings. The van der Waals surface area contributed by atoms with Crippen molar-refractivity contribution in [1.82, 2.24) is 5.32 Å². The van der Waals surface area contributed by atoms with E-state index in [1.807, 2.05) is 0 Å². The molecule has 0 fully saturated rings. The highest BCUT2D eigenvalue weighted by atomic mass is 16.3. The lowest BCUT2D eigenvalue weighted by Crippen LogP contribution is -2.50. The minimum Gasteiger partial charge on any atom is -0.394 e. The van der Waals surface area contributed by atoms with Crippen LogP contribution in [0.4, 0.5) is 0 Å². The fourth-order valence-electron chi connectivity index (χ4n) is 8.24. The average molecular weight is 818 g/mol. The molecule has 0 saturated carbocycles. The van der Waals surface area contributed by atoms with Crippen LogP contribution in [0.5, 0.6) is 0 Å². The topological polar surface area (TPSA) is 89.8 Å². The molecule has 3 unspecified atom stereocenters. The van der Waals surface area contributed by atoms with Crippen molar-refractivity contribution in [1.29, 1.82) is 0 Å². The van der Waals surface area contributed by atoms with E-state index in [1.165, 1.54) is 212 Å². The van der Waals surface area contributed by atoms with Crippen molar-refractivity contribution >= 4 is 5.91 Å². The Bertz CT molecular complexity index is 859. The van der Waals surface area contributed by atoms with Crippen molar-refractivity contribution in [3.05, 3.63) is 24.3 Å². The molecule has 0 aromatic heterocycles. The smallest absolute Gasteiger partial charge is 0.220 e. The molecule has 0 aliphatic rings. The molecule has 0 radical (unpaired) electrons. The number of allylic oxidation sites excluding steroid dienone is 4. The molecule has 0 saturated heterocycles. The number of unbranched alkanes of at least 4 members (excludes halogenated alkanes) is 36. The van der Waals surface area contributed by atoms with Gasteiger partial charge in [0, 0.05) is 6.42 Å². The number of rotatable bonds is 48. The Kier molecular flexibility index (Phi) is 47.5. The first kappa shape index (κ1) is 56.8. The molecule has 3 atom stereocenters. The second kappa shape index (κ2) is 48.5. The van der Waals surface area contributed by atoms with Gasteiger partial charge in [0.05, 0.1) is 18.8 Å². The second-order valence-electron chi connectivity index (χ2n) is 18.1. The van der Waals surface area contributed by atoms with E-state index in [-0.39, 0.29) is 12.5 Å². The lowest BCUT2D eigenvalue weighted by atomic mass is 10.0. The third-order valence-electron chi connectivity index (χ3n) is 12.3. The van der Waals surface area contributed by atoms with Gasteiger partial charge in [-0.3, -0.25) is 4.79 Å². The number of hydrogen-bond acceptors (Lipinski definition) is 4. The average Bonchev–Trinajstić information content (AvgIpc) is 3.23. The van der Waals surface area contributed by atoms with Crippen LogP contribution < -0.4 is 5.32 Å². The fraction of sp³-hybridized carbons (Fsp3) is 0.906.